The predicted molar refractivity (Wildman–Crippen MR) is 101 cm³/mol. The second kappa shape index (κ2) is 9.83. The molecule has 2 aromatic carbocycles. The molecule has 0 aromatic heterocycles. The van der Waals surface area contributed by atoms with Gasteiger partial charge in [0, 0.05) is 6.08 Å². The van der Waals surface area contributed by atoms with Gasteiger partial charge in [0.05, 0.1) is 25.8 Å². The van der Waals surface area contributed by atoms with E-state index in [2.05, 4.69) is 0 Å². The van der Waals surface area contributed by atoms with Crippen LogP contribution in [0, 0.1) is 5.82 Å². The van der Waals surface area contributed by atoms with Gasteiger partial charge in [-0.05, 0) is 48.4 Å². The molecule has 0 aliphatic heterocycles. The SMILES string of the molecule is CCOc1c(Cl)cc(/C=C/C(=O)OCc2ccc(OC)c(F)c2)cc1OC. The van der Waals surface area contributed by atoms with Gasteiger partial charge in [-0.3, -0.25) is 0 Å². The minimum Gasteiger partial charge on any atom is -0.494 e. The van der Waals surface area contributed by atoms with Gasteiger partial charge in [-0.2, -0.15) is 0 Å². The lowest BCUT2D eigenvalue weighted by atomic mass is 10.2. The summed E-state index contributed by atoms with van der Waals surface area (Å²) in [7, 11) is 2.88. The van der Waals surface area contributed by atoms with E-state index >= 15 is 0 Å². The Bertz CT molecular complexity index is 835. The van der Waals surface area contributed by atoms with Crippen molar-refractivity contribution in [2.45, 2.75) is 13.5 Å². The maximum absolute atomic E-state index is 13.6. The van der Waals surface area contributed by atoms with Crippen molar-refractivity contribution in [2.24, 2.45) is 0 Å². The van der Waals surface area contributed by atoms with Gasteiger partial charge in [0.2, 0.25) is 0 Å². The molecule has 7 heteroatoms. The average molecular weight is 395 g/mol. The fourth-order valence-corrected chi connectivity index (χ4v) is 2.56. The molecule has 0 atom stereocenters. The number of ether oxygens (including phenoxy) is 4. The van der Waals surface area contributed by atoms with Crippen LogP contribution in [-0.2, 0) is 16.1 Å². The molecule has 0 saturated heterocycles. The largest absolute Gasteiger partial charge is 0.494 e. The number of carbonyl (C=O) groups is 1. The molecule has 144 valence electrons. The van der Waals surface area contributed by atoms with Crippen LogP contribution in [-0.4, -0.2) is 26.8 Å². The van der Waals surface area contributed by atoms with Crippen LogP contribution in [0.15, 0.2) is 36.4 Å². The number of benzene rings is 2. The van der Waals surface area contributed by atoms with E-state index in [1.54, 1.807) is 24.3 Å². The lowest BCUT2D eigenvalue weighted by Gasteiger charge is -2.11. The van der Waals surface area contributed by atoms with Crippen LogP contribution in [0.5, 0.6) is 17.2 Å². The molecule has 0 aliphatic rings. The molecular weight excluding hydrogens is 375 g/mol. The lowest BCUT2D eigenvalue weighted by molar-refractivity contribution is -0.138. The van der Waals surface area contributed by atoms with Crippen molar-refractivity contribution in [2.75, 3.05) is 20.8 Å². The zero-order valence-corrected chi connectivity index (χ0v) is 16.0. The number of hydrogen-bond donors (Lipinski definition) is 0. The van der Waals surface area contributed by atoms with Crippen LogP contribution in [0.2, 0.25) is 5.02 Å². The summed E-state index contributed by atoms with van der Waals surface area (Å²) < 4.78 is 34.3. The Labute approximate surface area is 162 Å². The van der Waals surface area contributed by atoms with Crippen molar-refractivity contribution in [3.05, 3.63) is 58.4 Å². The third-order valence-corrected chi connectivity index (χ3v) is 3.83. The first-order valence-electron chi connectivity index (χ1n) is 8.16. The molecule has 0 radical (unpaired) electrons. The third kappa shape index (κ3) is 5.62. The molecule has 2 rings (SSSR count). The number of rotatable bonds is 8. The molecule has 0 unspecified atom stereocenters. The van der Waals surface area contributed by atoms with Gasteiger partial charge < -0.3 is 18.9 Å². The Hall–Kier alpha value is -2.73. The minimum absolute atomic E-state index is 0.0581. The molecule has 0 fully saturated rings. The fourth-order valence-electron chi connectivity index (χ4n) is 2.29. The first-order valence-corrected chi connectivity index (χ1v) is 8.53. The number of halogens is 2. The van der Waals surface area contributed by atoms with Gasteiger partial charge in [0.15, 0.2) is 23.1 Å². The van der Waals surface area contributed by atoms with E-state index in [0.29, 0.717) is 34.3 Å². The molecule has 0 spiro atoms. The Morgan fingerprint density at radius 1 is 1.15 bits per heavy atom. The van der Waals surface area contributed by atoms with Crippen LogP contribution in [0.3, 0.4) is 0 Å². The van der Waals surface area contributed by atoms with Crippen LogP contribution < -0.4 is 14.2 Å². The minimum atomic E-state index is -0.574. The van der Waals surface area contributed by atoms with Crippen LogP contribution in [0.4, 0.5) is 4.39 Å². The summed E-state index contributed by atoms with van der Waals surface area (Å²) in [6.45, 7) is 2.23. The average Bonchev–Trinajstić information content (AvgIpc) is 2.66. The molecule has 2 aromatic rings. The van der Waals surface area contributed by atoms with Gasteiger partial charge in [-0.1, -0.05) is 17.7 Å². The van der Waals surface area contributed by atoms with Crippen molar-refractivity contribution >= 4 is 23.6 Å². The summed E-state index contributed by atoms with van der Waals surface area (Å²) in [6, 6.07) is 7.70. The Kier molecular flexibility index (Phi) is 7.49. The first kappa shape index (κ1) is 20.6. The monoisotopic (exact) mass is 394 g/mol. The molecule has 0 heterocycles. The Morgan fingerprint density at radius 3 is 2.52 bits per heavy atom. The Balaban J connectivity index is 2.02. The summed E-state index contributed by atoms with van der Waals surface area (Å²) in [5, 5.41) is 0.373. The topological polar surface area (TPSA) is 54.0 Å². The van der Waals surface area contributed by atoms with Gasteiger partial charge in [-0.15, -0.1) is 0 Å². The summed E-state index contributed by atoms with van der Waals surface area (Å²) in [4.78, 5) is 11.9. The molecular formula is C20H20ClFO5. The van der Waals surface area contributed by atoms with Crippen molar-refractivity contribution in [3.63, 3.8) is 0 Å². The fraction of sp³-hybridized carbons (Fsp3) is 0.250. The number of esters is 1. The highest BCUT2D eigenvalue weighted by Gasteiger charge is 2.11. The molecule has 0 amide bonds. The highest BCUT2D eigenvalue weighted by atomic mass is 35.5. The van der Waals surface area contributed by atoms with E-state index < -0.39 is 11.8 Å². The van der Waals surface area contributed by atoms with E-state index in [0.717, 1.165) is 0 Å². The van der Waals surface area contributed by atoms with Gasteiger partial charge >= 0.3 is 5.97 Å². The van der Waals surface area contributed by atoms with E-state index in [1.165, 1.54) is 32.4 Å². The van der Waals surface area contributed by atoms with Crippen molar-refractivity contribution < 1.29 is 28.1 Å². The summed E-state index contributed by atoms with van der Waals surface area (Å²) >= 11 is 6.19. The highest BCUT2D eigenvalue weighted by Crippen LogP contribution is 2.36. The van der Waals surface area contributed by atoms with E-state index in [-0.39, 0.29) is 12.4 Å². The highest BCUT2D eigenvalue weighted by molar-refractivity contribution is 6.32. The van der Waals surface area contributed by atoms with Crippen molar-refractivity contribution in [1.29, 1.82) is 0 Å². The second-order valence-corrected chi connectivity index (χ2v) is 5.78. The van der Waals surface area contributed by atoms with E-state index in [4.69, 9.17) is 30.5 Å². The third-order valence-electron chi connectivity index (χ3n) is 3.55. The van der Waals surface area contributed by atoms with Gasteiger partial charge in [-0.25, -0.2) is 9.18 Å². The molecule has 27 heavy (non-hydrogen) atoms. The first-order chi connectivity index (χ1) is 13.0. The molecule has 5 nitrogen and oxygen atoms in total. The molecule has 0 saturated carbocycles. The zero-order chi connectivity index (χ0) is 19.8. The van der Waals surface area contributed by atoms with Gasteiger partial charge in [0.1, 0.15) is 6.61 Å². The standard InChI is InChI=1S/C20H20ClFO5/c1-4-26-20-15(21)9-13(11-18(20)25-3)6-8-19(23)27-12-14-5-7-17(24-2)16(22)10-14/h5-11H,4,12H2,1-3H3/b8-6+. The molecule has 0 aliphatic carbocycles. The van der Waals surface area contributed by atoms with Crippen LogP contribution >= 0.6 is 11.6 Å². The van der Waals surface area contributed by atoms with Crippen molar-refractivity contribution in [3.8, 4) is 17.2 Å². The summed E-state index contributed by atoms with van der Waals surface area (Å²) in [5.41, 5.74) is 1.16. The second-order valence-electron chi connectivity index (χ2n) is 5.38. The molecule has 0 N–H and O–H groups in total. The number of methoxy groups -OCH3 is 2. The van der Waals surface area contributed by atoms with Crippen molar-refractivity contribution in [1.82, 2.24) is 0 Å². The number of carbonyl (C=O) groups excluding carboxylic acids is 1. The van der Waals surface area contributed by atoms with Crippen LogP contribution in [0.1, 0.15) is 18.1 Å². The molecule has 0 bridgehead atoms. The quantitative estimate of drug-likeness (QED) is 0.481. The summed E-state index contributed by atoms with van der Waals surface area (Å²) in [5.74, 6) is -0.0479. The summed E-state index contributed by atoms with van der Waals surface area (Å²) in [6.07, 6.45) is 2.80. The lowest BCUT2D eigenvalue weighted by Crippen LogP contribution is -2.01. The van der Waals surface area contributed by atoms with E-state index in [1.807, 2.05) is 6.92 Å². The van der Waals surface area contributed by atoms with Gasteiger partial charge in [0.25, 0.3) is 0 Å². The maximum Gasteiger partial charge on any atom is 0.331 e. The number of hydrogen-bond acceptors (Lipinski definition) is 5. The zero-order valence-electron chi connectivity index (χ0n) is 15.3. The predicted octanol–water partition coefficient (Wildman–Crippen LogP) is 4.65. The maximum atomic E-state index is 13.6. The Morgan fingerprint density at radius 2 is 1.89 bits per heavy atom. The van der Waals surface area contributed by atoms with Crippen LogP contribution in [0.25, 0.3) is 6.08 Å². The van der Waals surface area contributed by atoms with E-state index in [9.17, 15) is 9.18 Å². The smallest absolute Gasteiger partial charge is 0.331 e. The normalized spacial score (nSPS) is 10.7.